The van der Waals surface area contributed by atoms with Gasteiger partial charge in [-0.3, -0.25) is 9.58 Å². The normalized spacial score (nSPS) is 18.3. The number of rotatable bonds is 5. The molecule has 4 rings (SSSR count). The van der Waals surface area contributed by atoms with Crippen molar-refractivity contribution >= 4 is 0 Å². The predicted molar refractivity (Wildman–Crippen MR) is 90.1 cm³/mol. The van der Waals surface area contributed by atoms with Gasteiger partial charge in [-0.05, 0) is 44.5 Å². The van der Waals surface area contributed by atoms with Gasteiger partial charge in [0.25, 0.3) is 5.89 Å². The second-order valence-corrected chi connectivity index (χ2v) is 6.38. The van der Waals surface area contributed by atoms with Crippen LogP contribution < -0.4 is 0 Å². The van der Waals surface area contributed by atoms with Gasteiger partial charge in [0.05, 0.1) is 13.1 Å². The molecule has 0 aliphatic carbocycles. The van der Waals surface area contributed by atoms with Crippen LogP contribution in [-0.4, -0.2) is 37.4 Å². The Morgan fingerprint density at radius 3 is 3.08 bits per heavy atom. The van der Waals surface area contributed by atoms with Crippen molar-refractivity contribution in [2.45, 2.75) is 38.9 Å². The average molecular weight is 323 g/mol. The summed E-state index contributed by atoms with van der Waals surface area (Å²) >= 11 is 0. The SMILES string of the molecule is Cc1cccc(-c2nc(CN3CCC[C@@H]3Cn3cccn3)no2)c1. The molecule has 3 heterocycles. The Balaban J connectivity index is 1.45. The lowest BCUT2D eigenvalue weighted by molar-refractivity contribution is 0.211. The van der Waals surface area contributed by atoms with Gasteiger partial charge in [0.2, 0.25) is 0 Å². The van der Waals surface area contributed by atoms with E-state index in [1.807, 2.05) is 35.3 Å². The fourth-order valence-electron chi connectivity index (χ4n) is 3.33. The van der Waals surface area contributed by atoms with Gasteiger partial charge >= 0.3 is 0 Å². The summed E-state index contributed by atoms with van der Waals surface area (Å²) in [6.45, 7) is 4.77. The molecule has 1 fully saturated rings. The summed E-state index contributed by atoms with van der Waals surface area (Å²) in [5.74, 6) is 1.34. The minimum absolute atomic E-state index is 0.478. The molecule has 6 nitrogen and oxygen atoms in total. The molecule has 0 unspecified atom stereocenters. The molecule has 1 atom stereocenters. The first kappa shape index (κ1) is 15.1. The van der Waals surface area contributed by atoms with Gasteiger partial charge < -0.3 is 4.52 Å². The van der Waals surface area contributed by atoms with E-state index in [-0.39, 0.29) is 0 Å². The Bertz CT molecular complexity index is 795. The van der Waals surface area contributed by atoms with Gasteiger partial charge in [0.1, 0.15) is 0 Å². The highest BCUT2D eigenvalue weighted by Gasteiger charge is 2.26. The maximum Gasteiger partial charge on any atom is 0.257 e. The third-order valence-electron chi connectivity index (χ3n) is 4.53. The minimum Gasteiger partial charge on any atom is -0.334 e. The third kappa shape index (κ3) is 3.23. The van der Waals surface area contributed by atoms with Gasteiger partial charge in [0, 0.05) is 24.0 Å². The van der Waals surface area contributed by atoms with Crippen LogP contribution in [0.25, 0.3) is 11.5 Å². The summed E-state index contributed by atoms with van der Waals surface area (Å²) in [5, 5.41) is 8.48. The number of nitrogens with zero attached hydrogens (tertiary/aromatic N) is 5. The zero-order valence-electron chi connectivity index (χ0n) is 13.8. The zero-order chi connectivity index (χ0) is 16.4. The molecular formula is C18H21N5O. The molecule has 0 N–H and O–H groups in total. The smallest absolute Gasteiger partial charge is 0.257 e. The lowest BCUT2D eigenvalue weighted by Crippen LogP contribution is -2.33. The molecule has 0 spiro atoms. The first-order valence-electron chi connectivity index (χ1n) is 8.39. The molecule has 1 aliphatic rings. The van der Waals surface area contributed by atoms with E-state index in [2.05, 4.69) is 39.2 Å². The number of hydrogen-bond donors (Lipinski definition) is 0. The van der Waals surface area contributed by atoms with Gasteiger partial charge in [0.15, 0.2) is 5.82 Å². The molecule has 124 valence electrons. The Morgan fingerprint density at radius 1 is 1.29 bits per heavy atom. The highest BCUT2D eigenvalue weighted by atomic mass is 16.5. The van der Waals surface area contributed by atoms with Crippen LogP contribution in [0.5, 0.6) is 0 Å². The van der Waals surface area contributed by atoms with Crippen molar-refractivity contribution in [2.24, 2.45) is 0 Å². The molecule has 0 saturated carbocycles. The summed E-state index contributed by atoms with van der Waals surface area (Å²) in [4.78, 5) is 7.00. The number of aromatic nitrogens is 4. The van der Waals surface area contributed by atoms with Gasteiger partial charge in [-0.15, -0.1) is 0 Å². The highest BCUT2D eigenvalue weighted by molar-refractivity contribution is 5.53. The van der Waals surface area contributed by atoms with Crippen molar-refractivity contribution in [2.75, 3.05) is 6.54 Å². The van der Waals surface area contributed by atoms with Crippen LogP contribution in [0, 0.1) is 6.92 Å². The molecule has 0 bridgehead atoms. The fourth-order valence-corrected chi connectivity index (χ4v) is 3.33. The Labute approximate surface area is 141 Å². The van der Waals surface area contributed by atoms with Crippen LogP contribution in [-0.2, 0) is 13.1 Å². The first-order valence-corrected chi connectivity index (χ1v) is 8.39. The van der Waals surface area contributed by atoms with Gasteiger partial charge in [-0.2, -0.15) is 10.1 Å². The second-order valence-electron chi connectivity index (χ2n) is 6.38. The van der Waals surface area contributed by atoms with Crippen molar-refractivity contribution in [3.8, 4) is 11.5 Å². The van der Waals surface area contributed by atoms with E-state index < -0.39 is 0 Å². The molecule has 1 saturated heterocycles. The lowest BCUT2D eigenvalue weighted by Gasteiger charge is -2.22. The summed E-state index contributed by atoms with van der Waals surface area (Å²) in [6.07, 6.45) is 6.23. The maximum atomic E-state index is 5.45. The predicted octanol–water partition coefficient (Wildman–Crippen LogP) is 2.91. The number of aryl methyl sites for hydroxylation is 1. The van der Waals surface area contributed by atoms with E-state index in [1.165, 1.54) is 18.4 Å². The fraction of sp³-hybridized carbons (Fsp3) is 0.389. The summed E-state index contributed by atoms with van der Waals surface area (Å²) in [6, 6.07) is 10.6. The monoisotopic (exact) mass is 323 g/mol. The van der Waals surface area contributed by atoms with Crippen LogP contribution >= 0.6 is 0 Å². The molecule has 1 aliphatic heterocycles. The zero-order valence-corrected chi connectivity index (χ0v) is 13.8. The quantitative estimate of drug-likeness (QED) is 0.722. The van der Waals surface area contributed by atoms with Crippen LogP contribution in [0.1, 0.15) is 24.2 Å². The van der Waals surface area contributed by atoms with Crippen molar-refractivity contribution in [1.82, 2.24) is 24.8 Å². The molecule has 6 heteroatoms. The molecule has 0 amide bonds. The topological polar surface area (TPSA) is 60.0 Å². The third-order valence-corrected chi connectivity index (χ3v) is 4.53. The van der Waals surface area contributed by atoms with E-state index >= 15 is 0 Å². The van der Waals surface area contributed by atoms with Crippen LogP contribution in [0.4, 0.5) is 0 Å². The average Bonchev–Trinajstić information content (AvgIpc) is 3.32. The molecule has 1 aromatic carbocycles. The Kier molecular flexibility index (Phi) is 4.13. The Morgan fingerprint density at radius 2 is 2.25 bits per heavy atom. The van der Waals surface area contributed by atoms with E-state index in [9.17, 15) is 0 Å². The van der Waals surface area contributed by atoms with Crippen LogP contribution in [0.3, 0.4) is 0 Å². The van der Waals surface area contributed by atoms with Crippen molar-refractivity contribution in [3.05, 3.63) is 54.1 Å². The van der Waals surface area contributed by atoms with E-state index in [0.29, 0.717) is 11.9 Å². The second kappa shape index (κ2) is 6.57. The number of likely N-dealkylation sites (tertiary alicyclic amines) is 1. The largest absolute Gasteiger partial charge is 0.334 e. The van der Waals surface area contributed by atoms with Crippen LogP contribution in [0.2, 0.25) is 0 Å². The van der Waals surface area contributed by atoms with E-state index in [0.717, 1.165) is 31.0 Å². The molecule has 0 radical (unpaired) electrons. The van der Waals surface area contributed by atoms with E-state index in [1.54, 1.807) is 0 Å². The molecule has 24 heavy (non-hydrogen) atoms. The lowest BCUT2D eigenvalue weighted by atomic mass is 10.1. The van der Waals surface area contributed by atoms with E-state index in [4.69, 9.17) is 4.52 Å². The van der Waals surface area contributed by atoms with Gasteiger partial charge in [-0.25, -0.2) is 0 Å². The van der Waals surface area contributed by atoms with Crippen molar-refractivity contribution in [1.29, 1.82) is 0 Å². The van der Waals surface area contributed by atoms with Gasteiger partial charge in [-0.1, -0.05) is 22.9 Å². The first-order chi connectivity index (χ1) is 11.8. The number of benzene rings is 1. The summed E-state index contributed by atoms with van der Waals surface area (Å²) in [7, 11) is 0. The summed E-state index contributed by atoms with van der Waals surface area (Å²) < 4.78 is 7.45. The Hall–Kier alpha value is -2.47. The molecular weight excluding hydrogens is 302 g/mol. The van der Waals surface area contributed by atoms with Crippen LogP contribution in [0.15, 0.2) is 47.2 Å². The standard InChI is InChI=1S/C18H21N5O/c1-14-5-2-6-15(11-14)18-20-17(21-24-18)13-22-9-3-7-16(22)12-23-10-4-8-19-23/h2,4-6,8,10-11,16H,3,7,9,12-13H2,1H3/t16-/m1/s1. The molecule has 3 aromatic rings. The highest BCUT2D eigenvalue weighted by Crippen LogP contribution is 2.22. The minimum atomic E-state index is 0.478. The van der Waals surface area contributed by atoms with Crippen molar-refractivity contribution < 1.29 is 4.52 Å². The summed E-state index contributed by atoms with van der Waals surface area (Å²) in [5.41, 5.74) is 2.16. The maximum absolute atomic E-state index is 5.45. The van der Waals surface area contributed by atoms with Crippen molar-refractivity contribution in [3.63, 3.8) is 0 Å². The molecule has 2 aromatic heterocycles. The number of hydrogen-bond acceptors (Lipinski definition) is 5.